The molecule has 4 heterocycles. The highest BCUT2D eigenvalue weighted by molar-refractivity contribution is 7.21. The van der Waals surface area contributed by atoms with Crippen molar-refractivity contribution < 1.29 is 14.6 Å². The van der Waals surface area contributed by atoms with Crippen molar-refractivity contribution in [2.75, 3.05) is 11.9 Å². The first-order valence-electron chi connectivity index (χ1n) is 10.6. The molecule has 0 radical (unpaired) electrons. The van der Waals surface area contributed by atoms with E-state index in [0.717, 1.165) is 44.4 Å². The Bertz CT molecular complexity index is 1150. The third kappa shape index (κ3) is 3.59. The van der Waals surface area contributed by atoms with Crippen LogP contribution in [0.3, 0.4) is 0 Å². The Kier molecular flexibility index (Phi) is 4.97. The molecule has 9 heteroatoms. The van der Waals surface area contributed by atoms with Crippen molar-refractivity contribution >= 4 is 27.4 Å². The summed E-state index contributed by atoms with van der Waals surface area (Å²) in [5.74, 6) is 0.791. The van der Waals surface area contributed by atoms with Crippen molar-refractivity contribution in [2.24, 2.45) is 5.92 Å². The first kappa shape index (κ1) is 20.7. The quantitative estimate of drug-likeness (QED) is 0.635. The van der Waals surface area contributed by atoms with Gasteiger partial charge in [0.2, 0.25) is 0 Å². The number of anilines is 1. The van der Waals surface area contributed by atoms with Gasteiger partial charge in [0, 0.05) is 18.7 Å². The minimum absolute atomic E-state index is 0.0212. The molecule has 31 heavy (non-hydrogen) atoms. The van der Waals surface area contributed by atoms with Gasteiger partial charge in [-0.15, -0.1) is 11.3 Å². The van der Waals surface area contributed by atoms with Crippen molar-refractivity contribution in [3.63, 3.8) is 0 Å². The molecular weight excluding hydrogens is 414 g/mol. The van der Waals surface area contributed by atoms with Crippen LogP contribution in [0.15, 0.2) is 12.3 Å². The van der Waals surface area contributed by atoms with E-state index >= 15 is 0 Å². The van der Waals surface area contributed by atoms with Crippen LogP contribution in [0.5, 0.6) is 0 Å². The number of nitrogens with zero attached hydrogens (tertiary/aromatic N) is 4. The zero-order valence-electron chi connectivity index (χ0n) is 18.3. The highest BCUT2D eigenvalue weighted by Crippen LogP contribution is 2.44. The van der Waals surface area contributed by atoms with Gasteiger partial charge in [-0.2, -0.15) is 0 Å². The smallest absolute Gasteiger partial charge is 0.163 e. The Morgan fingerprint density at radius 3 is 2.65 bits per heavy atom. The second-order valence-corrected chi connectivity index (χ2v) is 9.87. The first-order valence-corrected chi connectivity index (χ1v) is 11.4. The normalized spacial score (nSPS) is 27.0. The summed E-state index contributed by atoms with van der Waals surface area (Å²) in [6.45, 7) is 9.74. The number of rotatable bonds is 4. The predicted octanol–water partition coefficient (Wildman–Crippen LogP) is 3.39. The molecular formula is C22H27N5O3S. The summed E-state index contributed by atoms with van der Waals surface area (Å²) in [6.07, 6.45) is 2.26. The summed E-state index contributed by atoms with van der Waals surface area (Å²) >= 11 is 1.61. The van der Waals surface area contributed by atoms with Gasteiger partial charge in [0.05, 0.1) is 33.8 Å². The lowest BCUT2D eigenvalue weighted by molar-refractivity contribution is -0.158. The molecule has 0 spiro atoms. The van der Waals surface area contributed by atoms with Gasteiger partial charge in [0.15, 0.2) is 5.79 Å². The molecule has 0 aromatic carbocycles. The fourth-order valence-corrected chi connectivity index (χ4v) is 5.86. The monoisotopic (exact) mass is 441 g/mol. The molecule has 4 atom stereocenters. The van der Waals surface area contributed by atoms with Gasteiger partial charge in [-0.05, 0) is 47.1 Å². The Hall–Kier alpha value is -2.20. The maximum absolute atomic E-state index is 9.89. The summed E-state index contributed by atoms with van der Waals surface area (Å²) in [5.41, 5.74) is 3.58. The van der Waals surface area contributed by atoms with Gasteiger partial charge >= 0.3 is 0 Å². The van der Waals surface area contributed by atoms with Crippen LogP contribution in [0, 0.1) is 26.7 Å². The molecule has 1 aliphatic carbocycles. The Morgan fingerprint density at radius 2 is 1.90 bits per heavy atom. The van der Waals surface area contributed by atoms with Crippen molar-refractivity contribution in [2.45, 2.75) is 65.1 Å². The van der Waals surface area contributed by atoms with Crippen LogP contribution in [0.4, 0.5) is 5.82 Å². The average molecular weight is 442 g/mol. The van der Waals surface area contributed by atoms with Gasteiger partial charge < -0.3 is 19.9 Å². The van der Waals surface area contributed by atoms with Gasteiger partial charge in [0.1, 0.15) is 28.3 Å². The maximum atomic E-state index is 9.89. The number of aliphatic hydroxyl groups excluding tert-OH is 1. The molecule has 3 aromatic rings. The summed E-state index contributed by atoms with van der Waals surface area (Å²) in [6, 6.07) is 1.95. The van der Waals surface area contributed by atoms with Crippen molar-refractivity contribution in [1.82, 2.24) is 19.9 Å². The summed E-state index contributed by atoms with van der Waals surface area (Å²) in [7, 11) is 0. The molecule has 8 nitrogen and oxygen atoms in total. The van der Waals surface area contributed by atoms with E-state index in [-0.39, 0.29) is 30.8 Å². The highest BCUT2D eigenvalue weighted by atomic mass is 32.1. The van der Waals surface area contributed by atoms with E-state index in [1.54, 1.807) is 11.3 Å². The lowest BCUT2D eigenvalue weighted by atomic mass is 10.1. The van der Waals surface area contributed by atoms with Gasteiger partial charge in [0.25, 0.3) is 0 Å². The van der Waals surface area contributed by atoms with Crippen LogP contribution < -0.4 is 5.32 Å². The fraction of sp³-hybridized carbons (Fsp3) is 0.545. The van der Waals surface area contributed by atoms with E-state index in [0.29, 0.717) is 5.82 Å². The van der Waals surface area contributed by atoms with Gasteiger partial charge in [-0.1, -0.05) is 0 Å². The molecule has 2 fully saturated rings. The average Bonchev–Trinajstić information content (AvgIpc) is 3.33. The molecule has 2 N–H and O–H groups in total. The molecule has 4 unspecified atom stereocenters. The molecule has 0 amide bonds. The molecule has 1 aliphatic heterocycles. The molecule has 0 bridgehead atoms. The zero-order chi connectivity index (χ0) is 21.9. The van der Waals surface area contributed by atoms with E-state index in [9.17, 15) is 5.11 Å². The van der Waals surface area contributed by atoms with Crippen LogP contribution in [0.2, 0.25) is 0 Å². The molecule has 1 saturated heterocycles. The van der Waals surface area contributed by atoms with Crippen molar-refractivity contribution in [3.8, 4) is 10.6 Å². The topological polar surface area (TPSA) is 102 Å². The fourth-order valence-electron chi connectivity index (χ4n) is 4.74. The molecule has 164 valence electrons. The number of nitrogens with one attached hydrogen (secondary N) is 1. The lowest BCUT2D eigenvalue weighted by Crippen LogP contribution is -2.35. The largest absolute Gasteiger partial charge is 0.396 e. The molecule has 2 aliphatic rings. The number of ether oxygens (including phenoxy) is 2. The van der Waals surface area contributed by atoms with Crippen molar-refractivity contribution in [3.05, 3.63) is 29.5 Å². The molecule has 1 saturated carbocycles. The number of pyridine rings is 1. The van der Waals surface area contributed by atoms with E-state index in [1.165, 1.54) is 0 Å². The summed E-state index contributed by atoms with van der Waals surface area (Å²) in [4.78, 5) is 18.6. The Labute approximate surface area is 185 Å². The number of aromatic nitrogens is 4. The maximum Gasteiger partial charge on any atom is 0.163 e. The lowest BCUT2D eigenvalue weighted by Gasteiger charge is -2.24. The number of thiazole rings is 1. The second kappa shape index (κ2) is 7.44. The second-order valence-electron chi connectivity index (χ2n) is 8.84. The van der Waals surface area contributed by atoms with E-state index < -0.39 is 5.79 Å². The van der Waals surface area contributed by atoms with Gasteiger partial charge in [-0.25, -0.2) is 15.0 Å². The minimum Gasteiger partial charge on any atom is -0.396 e. The first-order chi connectivity index (χ1) is 14.8. The zero-order valence-corrected chi connectivity index (χ0v) is 19.2. The third-order valence-corrected chi connectivity index (χ3v) is 7.08. The number of hydrogen-bond acceptors (Lipinski definition) is 9. The van der Waals surface area contributed by atoms with Crippen LogP contribution in [0.25, 0.3) is 20.8 Å². The number of fused-ring (bicyclic) bond motifs is 2. The van der Waals surface area contributed by atoms with Crippen LogP contribution >= 0.6 is 11.3 Å². The van der Waals surface area contributed by atoms with Gasteiger partial charge in [-0.3, -0.25) is 4.98 Å². The molecule has 3 aromatic heterocycles. The SMILES string of the molecule is Cc1nc(C)c(-c2nc3c(C)nccc3s2)c(NC2CC(CO)C3OC(C)(C)OC23)n1. The predicted molar refractivity (Wildman–Crippen MR) is 119 cm³/mol. The standard InChI is InChI=1S/C22H27N5O3S/c1-10-16(21-27-17-11(2)23-7-6-15(17)31-21)20(25-12(3)24-10)26-14-8-13(9-28)18-19(14)30-22(4,5)29-18/h6-7,13-14,18-19,28H,8-9H2,1-5H3,(H,24,25,26). The third-order valence-electron chi connectivity index (χ3n) is 6.04. The number of aryl methyl sites for hydroxylation is 3. The van der Waals surface area contributed by atoms with E-state index in [1.807, 2.05) is 46.9 Å². The molecule has 5 rings (SSSR count). The Balaban J connectivity index is 1.55. The van der Waals surface area contributed by atoms with E-state index in [2.05, 4.69) is 15.3 Å². The van der Waals surface area contributed by atoms with Crippen LogP contribution in [0.1, 0.15) is 37.5 Å². The van der Waals surface area contributed by atoms with Crippen molar-refractivity contribution in [1.29, 1.82) is 0 Å². The summed E-state index contributed by atoms with van der Waals surface area (Å²) in [5, 5.41) is 14.4. The van der Waals surface area contributed by atoms with Crippen LogP contribution in [-0.2, 0) is 9.47 Å². The minimum atomic E-state index is -0.666. The summed E-state index contributed by atoms with van der Waals surface area (Å²) < 4.78 is 13.4. The highest BCUT2D eigenvalue weighted by Gasteiger charge is 2.54. The number of hydrogen-bond donors (Lipinski definition) is 2. The number of aliphatic hydroxyl groups is 1. The van der Waals surface area contributed by atoms with E-state index in [4.69, 9.17) is 19.4 Å². The Morgan fingerprint density at radius 1 is 1.13 bits per heavy atom. The van der Waals surface area contributed by atoms with Crippen LogP contribution in [-0.4, -0.2) is 55.7 Å².